The lowest BCUT2D eigenvalue weighted by atomic mass is 10.0. The van der Waals surface area contributed by atoms with Gasteiger partial charge >= 0.3 is 0 Å². The second-order valence-electron chi connectivity index (χ2n) is 7.77. The Labute approximate surface area is 170 Å². The second-order valence-corrected chi connectivity index (χ2v) is 7.77. The zero-order valence-corrected chi connectivity index (χ0v) is 16.5. The van der Waals surface area contributed by atoms with Gasteiger partial charge in [0, 0.05) is 50.5 Å². The Kier molecular flexibility index (Phi) is 5.94. The van der Waals surface area contributed by atoms with Gasteiger partial charge in [-0.25, -0.2) is 0 Å². The van der Waals surface area contributed by atoms with Crippen LogP contribution in [0.25, 0.3) is 10.9 Å². The number of likely N-dealkylation sites (tertiary alicyclic amines) is 2. The van der Waals surface area contributed by atoms with Crippen LogP contribution in [0, 0.1) is 0 Å². The van der Waals surface area contributed by atoms with Gasteiger partial charge in [-0.3, -0.25) is 14.6 Å². The number of aliphatic hydroxyl groups is 1. The molecule has 1 N–H and O–H groups in total. The van der Waals surface area contributed by atoms with Gasteiger partial charge in [-0.1, -0.05) is 6.07 Å². The van der Waals surface area contributed by atoms with Crippen LogP contribution in [0.15, 0.2) is 36.5 Å². The highest BCUT2D eigenvalue weighted by atomic mass is 16.5. The highest BCUT2D eigenvalue weighted by molar-refractivity contribution is 5.84. The first-order valence-corrected chi connectivity index (χ1v) is 10.4. The van der Waals surface area contributed by atoms with Gasteiger partial charge in [0.25, 0.3) is 0 Å². The zero-order valence-electron chi connectivity index (χ0n) is 16.5. The van der Waals surface area contributed by atoms with Gasteiger partial charge in [0.15, 0.2) is 0 Å². The molecule has 0 spiro atoms. The summed E-state index contributed by atoms with van der Waals surface area (Å²) in [6.45, 7) is 2.00. The van der Waals surface area contributed by atoms with E-state index in [2.05, 4.69) is 4.98 Å². The third-order valence-corrected chi connectivity index (χ3v) is 5.77. The van der Waals surface area contributed by atoms with Crippen LogP contribution in [-0.2, 0) is 9.59 Å². The molecule has 7 heteroatoms. The van der Waals surface area contributed by atoms with Gasteiger partial charge in [0.05, 0.1) is 12.1 Å². The molecule has 0 saturated carbocycles. The van der Waals surface area contributed by atoms with Crippen LogP contribution in [0.3, 0.4) is 0 Å². The molecule has 2 atom stereocenters. The Hall–Kier alpha value is -2.67. The molecule has 0 bridgehead atoms. The third-order valence-electron chi connectivity index (χ3n) is 5.77. The number of carbonyl (C=O) groups is 2. The summed E-state index contributed by atoms with van der Waals surface area (Å²) in [6.07, 6.45) is 4.01. The zero-order chi connectivity index (χ0) is 20.2. The number of aromatic nitrogens is 1. The Morgan fingerprint density at radius 3 is 2.93 bits per heavy atom. The summed E-state index contributed by atoms with van der Waals surface area (Å²) in [5, 5.41) is 11.5. The summed E-state index contributed by atoms with van der Waals surface area (Å²) < 4.78 is 6.10. The number of pyridine rings is 1. The second kappa shape index (κ2) is 8.78. The van der Waals surface area contributed by atoms with E-state index in [0.717, 1.165) is 30.3 Å². The van der Waals surface area contributed by atoms with Crippen LogP contribution >= 0.6 is 0 Å². The van der Waals surface area contributed by atoms with Crippen molar-refractivity contribution >= 4 is 22.7 Å². The summed E-state index contributed by atoms with van der Waals surface area (Å²) >= 11 is 0. The third kappa shape index (κ3) is 4.50. The minimum absolute atomic E-state index is 0.0183. The van der Waals surface area contributed by atoms with Crippen LogP contribution in [-0.4, -0.2) is 70.1 Å². The monoisotopic (exact) mass is 397 g/mol. The number of hydrogen-bond acceptors (Lipinski definition) is 5. The number of ether oxygens (including phenoxy) is 1. The molecule has 1 aromatic heterocycles. The van der Waals surface area contributed by atoms with Crippen molar-refractivity contribution in [1.82, 2.24) is 14.8 Å². The molecule has 0 radical (unpaired) electrons. The van der Waals surface area contributed by atoms with Gasteiger partial charge in [-0.05, 0) is 37.1 Å². The molecule has 2 aliphatic heterocycles. The quantitative estimate of drug-likeness (QED) is 0.834. The van der Waals surface area contributed by atoms with Crippen molar-refractivity contribution in [3.63, 3.8) is 0 Å². The molecule has 3 heterocycles. The van der Waals surface area contributed by atoms with Gasteiger partial charge < -0.3 is 19.6 Å². The van der Waals surface area contributed by atoms with Crippen LogP contribution in [0.4, 0.5) is 0 Å². The molecule has 4 rings (SSSR count). The normalized spacial score (nSPS) is 22.7. The number of amides is 2. The molecule has 2 fully saturated rings. The average Bonchev–Trinajstić information content (AvgIpc) is 2.74. The number of fused-ring (bicyclic) bond motifs is 1. The SMILES string of the molecule is O=C1CCCCN1CCC(=O)N1CC[C@@H](Oc2cccc3ncccc23)[C@H](O)C1. The number of aliphatic hydroxyl groups excluding tert-OH is 1. The summed E-state index contributed by atoms with van der Waals surface area (Å²) in [7, 11) is 0. The predicted octanol–water partition coefficient (Wildman–Crippen LogP) is 1.98. The van der Waals surface area contributed by atoms with Gasteiger partial charge in [-0.15, -0.1) is 0 Å². The summed E-state index contributed by atoms with van der Waals surface area (Å²) in [4.78, 5) is 32.2. The van der Waals surface area contributed by atoms with E-state index < -0.39 is 6.10 Å². The van der Waals surface area contributed by atoms with E-state index in [1.54, 1.807) is 16.0 Å². The Morgan fingerprint density at radius 2 is 2.10 bits per heavy atom. The highest BCUT2D eigenvalue weighted by Gasteiger charge is 2.32. The van der Waals surface area contributed by atoms with Crippen LogP contribution in [0.2, 0.25) is 0 Å². The van der Waals surface area contributed by atoms with Crippen molar-refractivity contribution in [2.75, 3.05) is 26.2 Å². The standard InChI is InChI=1S/C22H27N3O4/c26-18-15-25(22(28)10-14-24-12-2-1-8-21(24)27)13-9-20(18)29-19-7-3-6-17-16(19)5-4-11-23-17/h3-7,11,18,20,26H,1-2,8-10,12-15H2/t18-,20-/m1/s1. The largest absolute Gasteiger partial charge is 0.487 e. The Balaban J connectivity index is 1.32. The van der Waals surface area contributed by atoms with E-state index in [-0.39, 0.29) is 24.5 Å². The lowest BCUT2D eigenvalue weighted by Gasteiger charge is -2.36. The van der Waals surface area contributed by atoms with Crippen LogP contribution in [0.1, 0.15) is 32.1 Å². The number of β-amino-alcohol motifs (C(OH)–C–C–N with tert-alkyl or cyclic N) is 1. The molecule has 1 aromatic carbocycles. The lowest BCUT2D eigenvalue weighted by molar-refractivity contribution is -0.139. The summed E-state index contributed by atoms with van der Waals surface area (Å²) in [5.74, 6) is 0.819. The first-order valence-electron chi connectivity index (χ1n) is 10.4. The Morgan fingerprint density at radius 1 is 1.21 bits per heavy atom. The van der Waals surface area contributed by atoms with E-state index in [1.165, 1.54) is 0 Å². The molecule has 0 aliphatic carbocycles. The number of piperidine rings is 2. The van der Waals surface area contributed by atoms with Crippen molar-refractivity contribution < 1.29 is 19.4 Å². The van der Waals surface area contributed by atoms with Crippen molar-refractivity contribution in [2.24, 2.45) is 0 Å². The number of carbonyl (C=O) groups excluding carboxylic acids is 2. The molecule has 154 valence electrons. The first kappa shape index (κ1) is 19.6. The molecular formula is C22H27N3O4. The minimum atomic E-state index is -0.753. The van der Waals surface area contributed by atoms with Gasteiger partial charge in [-0.2, -0.15) is 0 Å². The molecule has 29 heavy (non-hydrogen) atoms. The number of nitrogens with zero attached hydrogens (tertiary/aromatic N) is 3. The summed E-state index contributed by atoms with van der Waals surface area (Å²) in [6, 6.07) is 9.50. The molecule has 7 nitrogen and oxygen atoms in total. The van der Waals surface area contributed by atoms with E-state index in [0.29, 0.717) is 38.1 Å². The van der Waals surface area contributed by atoms with Crippen molar-refractivity contribution in [3.8, 4) is 5.75 Å². The van der Waals surface area contributed by atoms with Crippen molar-refractivity contribution in [1.29, 1.82) is 0 Å². The maximum atomic E-state index is 12.6. The van der Waals surface area contributed by atoms with Crippen molar-refractivity contribution in [2.45, 2.75) is 44.3 Å². The highest BCUT2D eigenvalue weighted by Crippen LogP contribution is 2.27. The van der Waals surface area contributed by atoms with E-state index >= 15 is 0 Å². The Bertz CT molecular complexity index is 882. The molecule has 2 aromatic rings. The van der Waals surface area contributed by atoms with Crippen LogP contribution < -0.4 is 4.74 Å². The smallest absolute Gasteiger partial charge is 0.224 e. The number of hydrogen-bond donors (Lipinski definition) is 1. The maximum absolute atomic E-state index is 12.6. The fourth-order valence-electron chi connectivity index (χ4n) is 4.10. The number of benzene rings is 1. The summed E-state index contributed by atoms with van der Waals surface area (Å²) in [5.41, 5.74) is 0.847. The molecule has 2 saturated heterocycles. The molecule has 2 amide bonds. The maximum Gasteiger partial charge on any atom is 0.224 e. The van der Waals surface area contributed by atoms with Gasteiger partial charge in [0.1, 0.15) is 18.0 Å². The van der Waals surface area contributed by atoms with Crippen molar-refractivity contribution in [3.05, 3.63) is 36.5 Å². The van der Waals surface area contributed by atoms with E-state index in [4.69, 9.17) is 4.74 Å². The molecule has 0 unspecified atom stereocenters. The first-order chi connectivity index (χ1) is 14.1. The molecular weight excluding hydrogens is 370 g/mol. The van der Waals surface area contributed by atoms with Crippen LogP contribution in [0.5, 0.6) is 5.75 Å². The topological polar surface area (TPSA) is 83.0 Å². The number of rotatable bonds is 5. The predicted molar refractivity (Wildman–Crippen MR) is 108 cm³/mol. The van der Waals surface area contributed by atoms with E-state index in [1.807, 2.05) is 30.3 Å². The molecule has 2 aliphatic rings. The fourth-order valence-corrected chi connectivity index (χ4v) is 4.10. The fraction of sp³-hybridized carbons (Fsp3) is 0.500. The van der Waals surface area contributed by atoms with E-state index in [9.17, 15) is 14.7 Å². The lowest BCUT2D eigenvalue weighted by Crippen LogP contribution is -2.51. The average molecular weight is 397 g/mol. The minimum Gasteiger partial charge on any atom is -0.487 e. The van der Waals surface area contributed by atoms with Gasteiger partial charge in [0.2, 0.25) is 11.8 Å².